The average molecular weight is 405 g/mol. The number of guanidine groups is 1. The van der Waals surface area contributed by atoms with E-state index in [2.05, 4.69) is 15.6 Å². The molecule has 0 spiro atoms. The second-order valence-electron chi connectivity index (χ2n) is 5.41. The van der Waals surface area contributed by atoms with Crippen LogP contribution < -0.4 is 10.6 Å². The molecule has 1 amide bonds. The lowest BCUT2D eigenvalue weighted by molar-refractivity contribution is -0.127. The SMILES string of the molecule is CN(C)C(=O)CNC(=NCc1ccn(C)c1)NC1CC1.I. The normalized spacial score (nSPS) is 14.3. The monoisotopic (exact) mass is 405 g/mol. The number of hydrogen-bond donors (Lipinski definition) is 2. The highest BCUT2D eigenvalue weighted by molar-refractivity contribution is 14.0. The minimum absolute atomic E-state index is 0. The van der Waals surface area contributed by atoms with Crippen molar-refractivity contribution in [3.63, 3.8) is 0 Å². The van der Waals surface area contributed by atoms with Crippen LogP contribution in [0.3, 0.4) is 0 Å². The highest BCUT2D eigenvalue weighted by Gasteiger charge is 2.22. The van der Waals surface area contributed by atoms with Crippen LogP contribution in [-0.4, -0.2) is 48.0 Å². The van der Waals surface area contributed by atoms with E-state index < -0.39 is 0 Å². The average Bonchev–Trinajstić information content (AvgIpc) is 3.13. The Kier molecular flexibility index (Phi) is 7.00. The van der Waals surface area contributed by atoms with Gasteiger partial charge in [0.1, 0.15) is 0 Å². The van der Waals surface area contributed by atoms with Gasteiger partial charge >= 0.3 is 0 Å². The largest absolute Gasteiger partial charge is 0.357 e. The van der Waals surface area contributed by atoms with Crippen LogP contribution in [0.25, 0.3) is 0 Å². The summed E-state index contributed by atoms with van der Waals surface area (Å²) in [6.45, 7) is 0.874. The van der Waals surface area contributed by atoms with E-state index in [0.717, 1.165) is 5.56 Å². The Labute approximate surface area is 143 Å². The molecule has 2 N–H and O–H groups in total. The second kappa shape index (κ2) is 8.26. The minimum atomic E-state index is 0. The summed E-state index contributed by atoms with van der Waals surface area (Å²) in [6, 6.07) is 2.55. The number of halogens is 1. The topological polar surface area (TPSA) is 61.7 Å². The molecule has 1 aromatic rings. The second-order valence-corrected chi connectivity index (χ2v) is 5.41. The Morgan fingerprint density at radius 3 is 2.71 bits per heavy atom. The van der Waals surface area contributed by atoms with Crippen LogP contribution in [-0.2, 0) is 18.4 Å². The first-order valence-electron chi connectivity index (χ1n) is 6.90. The van der Waals surface area contributed by atoms with Crippen LogP contribution in [0.15, 0.2) is 23.5 Å². The van der Waals surface area contributed by atoms with Crippen molar-refractivity contribution in [1.82, 2.24) is 20.1 Å². The van der Waals surface area contributed by atoms with Gasteiger partial charge < -0.3 is 20.1 Å². The number of hydrogen-bond acceptors (Lipinski definition) is 2. The molecule has 2 rings (SSSR count). The van der Waals surface area contributed by atoms with Gasteiger partial charge in [-0.15, -0.1) is 24.0 Å². The minimum Gasteiger partial charge on any atom is -0.357 e. The highest BCUT2D eigenvalue weighted by atomic mass is 127. The molecule has 21 heavy (non-hydrogen) atoms. The van der Waals surface area contributed by atoms with Crippen molar-refractivity contribution < 1.29 is 4.79 Å². The number of carbonyl (C=O) groups is 1. The third-order valence-electron chi connectivity index (χ3n) is 3.14. The number of aryl methyl sites for hydroxylation is 1. The molecule has 1 fully saturated rings. The molecule has 0 radical (unpaired) electrons. The number of amides is 1. The van der Waals surface area contributed by atoms with Crippen molar-refractivity contribution in [3.8, 4) is 0 Å². The molecule has 1 heterocycles. The molecule has 0 unspecified atom stereocenters. The van der Waals surface area contributed by atoms with E-state index in [9.17, 15) is 4.79 Å². The van der Waals surface area contributed by atoms with Crippen molar-refractivity contribution in [2.45, 2.75) is 25.4 Å². The first kappa shape index (κ1) is 17.8. The number of aromatic nitrogens is 1. The maximum absolute atomic E-state index is 11.6. The molecule has 1 aliphatic carbocycles. The first-order valence-corrected chi connectivity index (χ1v) is 6.90. The fraction of sp³-hybridized carbons (Fsp3) is 0.571. The zero-order chi connectivity index (χ0) is 14.5. The van der Waals surface area contributed by atoms with Gasteiger partial charge in [0, 0.05) is 39.6 Å². The summed E-state index contributed by atoms with van der Waals surface area (Å²) in [5, 5.41) is 6.41. The predicted octanol–water partition coefficient (Wildman–Crippen LogP) is 0.929. The van der Waals surface area contributed by atoms with Crippen LogP contribution in [0.2, 0.25) is 0 Å². The summed E-state index contributed by atoms with van der Waals surface area (Å²) in [6.07, 6.45) is 6.40. The van der Waals surface area contributed by atoms with Crippen LogP contribution in [0.1, 0.15) is 18.4 Å². The van der Waals surface area contributed by atoms with E-state index in [0.29, 0.717) is 18.5 Å². The van der Waals surface area contributed by atoms with Crippen molar-refractivity contribution in [1.29, 1.82) is 0 Å². The zero-order valence-electron chi connectivity index (χ0n) is 12.8. The van der Waals surface area contributed by atoms with Crippen LogP contribution in [0.5, 0.6) is 0 Å². The molecule has 0 saturated heterocycles. The van der Waals surface area contributed by atoms with E-state index >= 15 is 0 Å². The quantitative estimate of drug-likeness (QED) is 0.435. The molecule has 7 heteroatoms. The fourth-order valence-electron chi connectivity index (χ4n) is 1.72. The van der Waals surface area contributed by atoms with Gasteiger partial charge in [-0.1, -0.05) is 0 Å². The predicted molar refractivity (Wildman–Crippen MR) is 94.8 cm³/mol. The third kappa shape index (κ3) is 6.36. The Morgan fingerprint density at radius 2 is 2.19 bits per heavy atom. The molecule has 0 aliphatic heterocycles. The Morgan fingerprint density at radius 1 is 1.48 bits per heavy atom. The van der Waals surface area contributed by atoms with E-state index in [1.54, 1.807) is 19.0 Å². The molecule has 1 aliphatic rings. The van der Waals surface area contributed by atoms with Gasteiger partial charge in [0.2, 0.25) is 5.91 Å². The molecular weight excluding hydrogens is 381 g/mol. The van der Waals surface area contributed by atoms with Crippen molar-refractivity contribution in [2.75, 3.05) is 20.6 Å². The lowest BCUT2D eigenvalue weighted by Crippen LogP contribution is -2.43. The van der Waals surface area contributed by atoms with Gasteiger partial charge in [-0.3, -0.25) is 4.79 Å². The van der Waals surface area contributed by atoms with Crippen molar-refractivity contribution >= 4 is 35.8 Å². The van der Waals surface area contributed by atoms with Crippen LogP contribution in [0, 0.1) is 0 Å². The molecule has 1 saturated carbocycles. The summed E-state index contributed by atoms with van der Waals surface area (Å²) in [5.41, 5.74) is 1.16. The number of nitrogens with one attached hydrogen (secondary N) is 2. The summed E-state index contributed by atoms with van der Waals surface area (Å²) in [4.78, 5) is 17.7. The molecule has 0 aromatic carbocycles. The third-order valence-corrected chi connectivity index (χ3v) is 3.14. The summed E-state index contributed by atoms with van der Waals surface area (Å²) in [5.74, 6) is 0.751. The van der Waals surface area contributed by atoms with Crippen LogP contribution >= 0.6 is 24.0 Å². The maximum atomic E-state index is 11.6. The number of nitrogens with zero attached hydrogens (tertiary/aromatic N) is 3. The standard InChI is InChI=1S/C14H23N5O.HI/c1-18(2)13(20)9-16-14(17-12-4-5-12)15-8-11-6-7-19(3)10-11;/h6-7,10,12H,4-5,8-9H2,1-3H3,(H2,15,16,17);1H. The van der Waals surface area contributed by atoms with Crippen molar-refractivity contribution in [2.24, 2.45) is 12.0 Å². The van der Waals surface area contributed by atoms with Gasteiger partial charge in [0.05, 0.1) is 13.1 Å². The Balaban J connectivity index is 0.00000220. The van der Waals surface area contributed by atoms with E-state index in [1.165, 1.54) is 12.8 Å². The summed E-state index contributed by atoms with van der Waals surface area (Å²) in [7, 11) is 5.49. The number of carbonyl (C=O) groups excluding carboxylic acids is 1. The van der Waals surface area contributed by atoms with E-state index in [-0.39, 0.29) is 36.4 Å². The first-order chi connectivity index (χ1) is 9.54. The molecule has 0 atom stereocenters. The van der Waals surface area contributed by atoms with Gasteiger partial charge in [-0.25, -0.2) is 4.99 Å². The highest BCUT2D eigenvalue weighted by Crippen LogP contribution is 2.18. The Hall–Kier alpha value is -1.25. The number of aliphatic imine (C=N–C) groups is 1. The smallest absolute Gasteiger partial charge is 0.241 e. The number of rotatable bonds is 5. The molecular formula is C14H24IN5O. The molecule has 0 bridgehead atoms. The molecule has 1 aromatic heterocycles. The van der Waals surface area contributed by atoms with Crippen molar-refractivity contribution in [3.05, 3.63) is 24.0 Å². The summed E-state index contributed by atoms with van der Waals surface area (Å²) >= 11 is 0. The van der Waals surface area contributed by atoms with E-state index in [1.807, 2.05) is 30.1 Å². The lowest BCUT2D eigenvalue weighted by atomic mass is 10.3. The van der Waals surface area contributed by atoms with Gasteiger partial charge in [0.25, 0.3) is 0 Å². The van der Waals surface area contributed by atoms with Gasteiger partial charge in [-0.2, -0.15) is 0 Å². The zero-order valence-corrected chi connectivity index (χ0v) is 15.1. The Bertz CT molecular complexity index is 493. The lowest BCUT2D eigenvalue weighted by Gasteiger charge is -2.14. The van der Waals surface area contributed by atoms with E-state index in [4.69, 9.17) is 0 Å². The molecule has 6 nitrogen and oxygen atoms in total. The van der Waals surface area contributed by atoms with Gasteiger partial charge in [-0.05, 0) is 24.5 Å². The maximum Gasteiger partial charge on any atom is 0.241 e. The van der Waals surface area contributed by atoms with Gasteiger partial charge in [0.15, 0.2) is 5.96 Å². The fourth-order valence-corrected chi connectivity index (χ4v) is 1.72. The van der Waals surface area contributed by atoms with Crippen LogP contribution in [0.4, 0.5) is 0 Å². The number of likely N-dealkylation sites (N-methyl/N-ethyl adjacent to an activating group) is 1. The molecule has 118 valence electrons. The summed E-state index contributed by atoms with van der Waals surface area (Å²) < 4.78 is 2.00.